The molecule has 0 unspecified atom stereocenters. The van der Waals surface area contributed by atoms with Gasteiger partial charge in [0.15, 0.2) is 0 Å². The minimum Gasteiger partial charge on any atom is -0.494 e. The SMILES string of the molecule is CCCCCCc1cc(OCCCCCCOc2ccc(Br)cc2)c(CCCCCC)cc1OCCCCCCOc1ccc(Br)cc1. The van der Waals surface area contributed by atoms with Crippen molar-refractivity contribution in [3.05, 3.63) is 80.7 Å². The molecule has 3 rings (SSSR count). The molecule has 0 saturated carbocycles. The summed E-state index contributed by atoms with van der Waals surface area (Å²) in [6.07, 6.45) is 20.9. The Kier molecular flexibility index (Phi) is 21.6. The van der Waals surface area contributed by atoms with Crippen molar-refractivity contribution in [2.24, 2.45) is 0 Å². The number of ether oxygens (including phenoxy) is 4. The minimum atomic E-state index is 0.758. The third-order valence-corrected chi connectivity index (χ3v) is 9.66. The molecule has 6 heteroatoms. The molecule has 4 nitrogen and oxygen atoms in total. The first kappa shape index (κ1) is 40.3. The zero-order valence-electron chi connectivity index (χ0n) is 29.7. The normalized spacial score (nSPS) is 11.1. The fourth-order valence-corrected chi connectivity index (χ4v) is 6.24. The Morgan fingerprint density at radius 1 is 0.396 bits per heavy atom. The van der Waals surface area contributed by atoms with Crippen LogP contribution in [0.25, 0.3) is 0 Å². The number of hydrogen-bond donors (Lipinski definition) is 0. The number of rotatable bonds is 28. The van der Waals surface area contributed by atoms with E-state index in [-0.39, 0.29) is 0 Å². The molecule has 0 aliphatic carbocycles. The van der Waals surface area contributed by atoms with Crippen LogP contribution in [0.5, 0.6) is 23.0 Å². The van der Waals surface area contributed by atoms with Gasteiger partial charge in [0.05, 0.1) is 26.4 Å². The Labute approximate surface area is 308 Å². The van der Waals surface area contributed by atoms with Crippen molar-refractivity contribution >= 4 is 31.9 Å². The zero-order chi connectivity index (χ0) is 34.1. The molecule has 0 atom stereocenters. The molecule has 0 bridgehead atoms. The van der Waals surface area contributed by atoms with Crippen LogP contribution in [0.4, 0.5) is 0 Å². The molecule has 0 radical (unpaired) electrons. The van der Waals surface area contributed by atoms with Gasteiger partial charge >= 0.3 is 0 Å². The van der Waals surface area contributed by atoms with Gasteiger partial charge in [-0.05, 0) is 149 Å². The highest BCUT2D eigenvalue weighted by Crippen LogP contribution is 2.32. The second-order valence-electron chi connectivity index (χ2n) is 12.8. The Balaban J connectivity index is 1.47. The molecule has 0 saturated heterocycles. The molecule has 0 aliphatic heterocycles. The number of aryl methyl sites for hydroxylation is 2. The molecule has 0 aliphatic rings. The van der Waals surface area contributed by atoms with Gasteiger partial charge in [0.25, 0.3) is 0 Å². The molecular formula is C42H60Br2O4. The summed E-state index contributed by atoms with van der Waals surface area (Å²) in [7, 11) is 0. The van der Waals surface area contributed by atoms with Crippen molar-refractivity contribution in [2.75, 3.05) is 26.4 Å². The molecule has 0 aromatic heterocycles. The predicted octanol–water partition coefficient (Wildman–Crippen LogP) is 13.5. The minimum absolute atomic E-state index is 0.758. The summed E-state index contributed by atoms with van der Waals surface area (Å²) in [6, 6.07) is 20.8. The van der Waals surface area contributed by atoms with Crippen LogP contribution in [0, 0.1) is 0 Å². The van der Waals surface area contributed by atoms with Crippen molar-refractivity contribution in [3.8, 4) is 23.0 Å². The van der Waals surface area contributed by atoms with Gasteiger partial charge in [0, 0.05) is 8.95 Å². The van der Waals surface area contributed by atoms with Crippen LogP contribution in [0.2, 0.25) is 0 Å². The highest BCUT2D eigenvalue weighted by atomic mass is 79.9. The number of benzene rings is 3. The molecule has 0 amide bonds. The van der Waals surface area contributed by atoms with E-state index in [9.17, 15) is 0 Å². The summed E-state index contributed by atoms with van der Waals surface area (Å²) >= 11 is 6.95. The number of halogens is 2. The molecule has 0 fully saturated rings. The smallest absolute Gasteiger partial charge is 0.123 e. The average Bonchev–Trinajstić information content (AvgIpc) is 3.10. The van der Waals surface area contributed by atoms with Crippen LogP contribution in [0.15, 0.2) is 69.6 Å². The van der Waals surface area contributed by atoms with Crippen molar-refractivity contribution in [1.82, 2.24) is 0 Å². The largest absolute Gasteiger partial charge is 0.494 e. The second-order valence-corrected chi connectivity index (χ2v) is 14.7. The van der Waals surface area contributed by atoms with E-state index in [0.29, 0.717) is 0 Å². The summed E-state index contributed by atoms with van der Waals surface area (Å²) < 4.78 is 27.0. The van der Waals surface area contributed by atoms with Crippen molar-refractivity contribution in [2.45, 2.75) is 129 Å². The van der Waals surface area contributed by atoms with Gasteiger partial charge in [0.1, 0.15) is 23.0 Å². The maximum Gasteiger partial charge on any atom is 0.123 e. The van der Waals surface area contributed by atoms with E-state index in [1.807, 2.05) is 48.5 Å². The Morgan fingerprint density at radius 3 is 1.08 bits per heavy atom. The summed E-state index contributed by atoms with van der Waals surface area (Å²) in [4.78, 5) is 0. The van der Waals surface area contributed by atoms with E-state index in [2.05, 4.69) is 57.8 Å². The molecule has 0 spiro atoms. The first-order valence-electron chi connectivity index (χ1n) is 18.8. The molecular weight excluding hydrogens is 728 g/mol. The lowest BCUT2D eigenvalue weighted by Gasteiger charge is -2.18. The van der Waals surface area contributed by atoms with E-state index in [1.165, 1.54) is 62.5 Å². The molecule has 0 heterocycles. The molecule has 266 valence electrons. The topological polar surface area (TPSA) is 36.9 Å². The molecule has 3 aromatic rings. The monoisotopic (exact) mass is 786 g/mol. The second kappa shape index (κ2) is 25.7. The fraction of sp³-hybridized carbons (Fsp3) is 0.571. The fourth-order valence-electron chi connectivity index (χ4n) is 5.71. The summed E-state index contributed by atoms with van der Waals surface area (Å²) in [5.41, 5.74) is 2.62. The van der Waals surface area contributed by atoms with E-state index in [0.717, 1.165) is 123 Å². The molecule has 3 aromatic carbocycles. The third-order valence-electron chi connectivity index (χ3n) is 8.60. The lowest BCUT2D eigenvalue weighted by molar-refractivity contribution is 0.280. The lowest BCUT2D eigenvalue weighted by Crippen LogP contribution is -2.06. The van der Waals surface area contributed by atoms with E-state index >= 15 is 0 Å². The maximum atomic E-state index is 6.52. The van der Waals surface area contributed by atoms with Crippen molar-refractivity contribution in [1.29, 1.82) is 0 Å². The van der Waals surface area contributed by atoms with Crippen molar-refractivity contribution in [3.63, 3.8) is 0 Å². The van der Waals surface area contributed by atoms with Crippen LogP contribution in [-0.4, -0.2) is 26.4 Å². The van der Waals surface area contributed by atoms with Gasteiger partial charge < -0.3 is 18.9 Å². The lowest BCUT2D eigenvalue weighted by atomic mass is 9.99. The van der Waals surface area contributed by atoms with Crippen LogP contribution < -0.4 is 18.9 Å². The summed E-state index contributed by atoms with van der Waals surface area (Å²) in [5, 5.41) is 0. The standard InChI is InChI=1S/C42H60Br2O4/c1-3-5-7-13-19-35-33-42(48-32-18-12-10-16-30-46-40-27-23-38(44)24-28-40)36(20-14-8-6-4-2)34-41(35)47-31-17-11-9-15-29-45-39-25-21-37(43)22-26-39/h21-28,33-34H,3-20,29-32H2,1-2H3. The Hall–Kier alpha value is -2.18. The highest BCUT2D eigenvalue weighted by molar-refractivity contribution is 9.10. The van der Waals surface area contributed by atoms with Gasteiger partial charge in [-0.3, -0.25) is 0 Å². The van der Waals surface area contributed by atoms with Crippen LogP contribution in [0.3, 0.4) is 0 Å². The number of unbranched alkanes of at least 4 members (excludes halogenated alkanes) is 12. The predicted molar refractivity (Wildman–Crippen MR) is 209 cm³/mol. The van der Waals surface area contributed by atoms with E-state index in [4.69, 9.17) is 18.9 Å². The quantitative estimate of drug-likeness (QED) is 0.0687. The maximum absolute atomic E-state index is 6.52. The Bertz CT molecular complexity index is 1130. The first-order valence-corrected chi connectivity index (χ1v) is 20.4. The molecule has 0 N–H and O–H groups in total. The van der Waals surface area contributed by atoms with E-state index in [1.54, 1.807) is 0 Å². The third kappa shape index (κ3) is 17.5. The summed E-state index contributed by atoms with van der Waals surface area (Å²) in [6.45, 7) is 7.59. The number of hydrogen-bond acceptors (Lipinski definition) is 4. The van der Waals surface area contributed by atoms with Gasteiger partial charge in [0.2, 0.25) is 0 Å². The van der Waals surface area contributed by atoms with Gasteiger partial charge in [-0.15, -0.1) is 0 Å². The zero-order valence-corrected chi connectivity index (χ0v) is 32.9. The average molecular weight is 789 g/mol. The van der Waals surface area contributed by atoms with Gasteiger partial charge in [-0.1, -0.05) is 84.2 Å². The van der Waals surface area contributed by atoms with Crippen molar-refractivity contribution < 1.29 is 18.9 Å². The highest BCUT2D eigenvalue weighted by Gasteiger charge is 2.13. The van der Waals surface area contributed by atoms with Gasteiger partial charge in [-0.2, -0.15) is 0 Å². The van der Waals surface area contributed by atoms with Crippen LogP contribution >= 0.6 is 31.9 Å². The van der Waals surface area contributed by atoms with Crippen LogP contribution in [0.1, 0.15) is 128 Å². The Morgan fingerprint density at radius 2 is 0.729 bits per heavy atom. The van der Waals surface area contributed by atoms with E-state index < -0.39 is 0 Å². The van der Waals surface area contributed by atoms with Crippen LogP contribution in [-0.2, 0) is 12.8 Å². The summed E-state index contributed by atoms with van der Waals surface area (Å²) in [5.74, 6) is 4.02. The molecule has 48 heavy (non-hydrogen) atoms. The first-order chi connectivity index (χ1) is 23.6. The van der Waals surface area contributed by atoms with Gasteiger partial charge in [-0.25, -0.2) is 0 Å².